The van der Waals surface area contributed by atoms with Crippen LogP contribution >= 0.6 is 0 Å². The van der Waals surface area contributed by atoms with Crippen LogP contribution in [0.5, 0.6) is 0 Å². The van der Waals surface area contributed by atoms with Gasteiger partial charge in [0.05, 0.1) is 0 Å². The zero-order valence-corrected chi connectivity index (χ0v) is 11.5. The Morgan fingerprint density at radius 2 is 1.89 bits per heavy atom. The molecule has 4 fully saturated rings. The number of nitrogens with one attached hydrogen (secondary N) is 1. The number of allylic oxidation sites excluding steroid dienone is 1. The van der Waals surface area contributed by atoms with E-state index in [1.807, 2.05) is 0 Å². The van der Waals surface area contributed by atoms with Gasteiger partial charge in [-0.05, 0) is 81.5 Å². The van der Waals surface area contributed by atoms with Crippen LogP contribution in [0.1, 0.15) is 57.8 Å². The maximum atomic E-state index is 4.43. The standard InChI is InChI=1S/C17H27N/c1-11(13-5-6-14-10-15(14)9-13)2-3-12-4-7-16-17(8-12)18-16/h12-18H,1-10H2. The van der Waals surface area contributed by atoms with Crippen molar-refractivity contribution in [2.45, 2.75) is 69.9 Å². The van der Waals surface area contributed by atoms with Crippen molar-refractivity contribution in [1.82, 2.24) is 5.32 Å². The molecule has 4 rings (SSSR count). The van der Waals surface area contributed by atoms with Crippen molar-refractivity contribution in [2.75, 3.05) is 0 Å². The van der Waals surface area contributed by atoms with Crippen LogP contribution in [0.15, 0.2) is 12.2 Å². The Morgan fingerprint density at radius 1 is 0.944 bits per heavy atom. The molecule has 1 aliphatic heterocycles. The lowest BCUT2D eigenvalue weighted by atomic mass is 9.80. The minimum atomic E-state index is 0.893. The largest absolute Gasteiger partial charge is 0.308 e. The summed E-state index contributed by atoms with van der Waals surface area (Å²) in [6, 6.07) is 1.81. The van der Waals surface area contributed by atoms with Crippen LogP contribution in [0.4, 0.5) is 0 Å². The summed E-state index contributed by atoms with van der Waals surface area (Å²) in [7, 11) is 0. The van der Waals surface area contributed by atoms with E-state index in [1.165, 1.54) is 51.4 Å². The van der Waals surface area contributed by atoms with E-state index in [0.717, 1.165) is 35.8 Å². The fourth-order valence-corrected chi connectivity index (χ4v) is 4.71. The van der Waals surface area contributed by atoms with Crippen molar-refractivity contribution >= 4 is 0 Å². The first-order valence-electron chi connectivity index (χ1n) is 8.23. The molecule has 0 aromatic rings. The molecule has 6 atom stereocenters. The Bertz CT molecular complexity index is 348. The van der Waals surface area contributed by atoms with E-state index >= 15 is 0 Å². The van der Waals surface area contributed by atoms with Crippen LogP contribution in [0.3, 0.4) is 0 Å². The van der Waals surface area contributed by atoms with Crippen molar-refractivity contribution in [1.29, 1.82) is 0 Å². The van der Waals surface area contributed by atoms with Gasteiger partial charge in [0.2, 0.25) is 0 Å². The first-order valence-corrected chi connectivity index (χ1v) is 8.23. The molecule has 18 heavy (non-hydrogen) atoms. The molecule has 0 radical (unpaired) electrons. The predicted octanol–water partition coefficient (Wildman–Crippen LogP) is 3.90. The molecule has 0 spiro atoms. The Kier molecular flexibility index (Phi) is 2.80. The van der Waals surface area contributed by atoms with Crippen LogP contribution < -0.4 is 5.32 Å². The lowest BCUT2D eigenvalue weighted by Crippen LogP contribution is -2.15. The SMILES string of the molecule is C=C(CCC1CCC2NC2C1)C1CCC2CC2C1. The predicted molar refractivity (Wildman–Crippen MR) is 75.4 cm³/mol. The van der Waals surface area contributed by atoms with Crippen LogP contribution in [0.25, 0.3) is 0 Å². The lowest BCUT2D eigenvalue weighted by Gasteiger charge is -2.26. The van der Waals surface area contributed by atoms with E-state index in [1.54, 1.807) is 12.0 Å². The van der Waals surface area contributed by atoms with E-state index in [9.17, 15) is 0 Å². The number of hydrogen-bond acceptors (Lipinski definition) is 1. The second kappa shape index (κ2) is 4.37. The second-order valence-corrected chi connectivity index (χ2v) is 7.52. The summed E-state index contributed by atoms with van der Waals surface area (Å²) in [6.45, 7) is 4.43. The van der Waals surface area contributed by atoms with Gasteiger partial charge in [-0.25, -0.2) is 0 Å². The maximum Gasteiger partial charge on any atom is 0.0227 e. The van der Waals surface area contributed by atoms with E-state index in [2.05, 4.69) is 11.9 Å². The number of rotatable bonds is 4. The average Bonchev–Trinajstić information content (AvgIpc) is 3.26. The molecule has 0 aromatic heterocycles. The molecule has 0 bridgehead atoms. The van der Waals surface area contributed by atoms with Gasteiger partial charge in [-0.3, -0.25) is 0 Å². The topological polar surface area (TPSA) is 21.9 Å². The first-order chi connectivity index (χ1) is 8.79. The summed E-state index contributed by atoms with van der Waals surface area (Å²) in [5.41, 5.74) is 1.60. The van der Waals surface area contributed by atoms with Crippen LogP contribution in [0.2, 0.25) is 0 Å². The summed E-state index contributed by atoms with van der Waals surface area (Å²) < 4.78 is 0. The van der Waals surface area contributed by atoms with E-state index in [4.69, 9.17) is 0 Å². The molecule has 6 unspecified atom stereocenters. The summed E-state index contributed by atoms with van der Waals surface area (Å²) in [6.07, 6.45) is 13.1. The zero-order chi connectivity index (χ0) is 12.1. The van der Waals surface area contributed by atoms with Crippen LogP contribution in [0, 0.1) is 23.7 Å². The highest BCUT2D eigenvalue weighted by atomic mass is 15.1. The Balaban J connectivity index is 1.23. The summed E-state index contributed by atoms with van der Waals surface area (Å²) in [4.78, 5) is 0. The molecule has 3 saturated carbocycles. The molecular formula is C17H27N. The van der Waals surface area contributed by atoms with Gasteiger partial charge in [0.25, 0.3) is 0 Å². The van der Waals surface area contributed by atoms with E-state index in [0.29, 0.717) is 0 Å². The molecule has 0 aromatic carbocycles. The van der Waals surface area contributed by atoms with Crippen LogP contribution in [-0.2, 0) is 0 Å². The minimum Gasteiger partial charge on any atom is -0.308 e. The smallest absolute Gasteiger partial charge is 0.0227 e. The third-order valence-electron chi connectivity index (χ3n) is 6.27. The highest BCUT2D eigenvalue weighted by Crippen LogP contribution is 2.53. The Hall–Kier alpha value is -0.300. The molecule has 1 heteroatoms. The second-order valence-electron chi connectivity index (χ2n) is 7.52. The van der Waals surface area contributed by atoms with Crippen molar-refractivity contribution in [2.24, 2.45) is 23.7 Å². The molecule has 0 amide bonds. The Morgan fingerprint density at radius 3 is 2.72 bits per heavy atom. The fraction of sp³-hybridized carbons (Fsp3) is 0.882. The summed E-state index contributed by atoms with van der Waals surface area (Å²) in [5, 5.41) is 3.60. The van der Waals surface area contributed by atoms with Gasteiger partial charge in [-0.2, -0.15) is 0 Å². The van der Waals surface area contributed by atoms with Crippen molar-refractivity contribution in [3.63, 3.8) is 0 Å². The van der Waals surface area contributed by atoms with E-state index < -0.39 is 0 Å². The van der Waals surface area contributed by atoms with Crippen molar-refractivity contribution < 1.29 is 0 Å². The van der Waals surface area contributed by atoms with E-state index in [-0.39, 0.29) is 0 Å². The molecule has 1 N–H and O–H groups in total. The molecule has 100 valence electrons. The molecule has 1 heterocycles. The van der Waals surface area contributed by atoms with Gasteiger partial charge in [0, 0.05) is 12.1 Å². The zero-order valence-electron chi connectivity index (χ0n) is 11.5. The van der Waals surface area contributed by atoms with Gasteiger partial charge >= 0.3 is 0 Å². The lowest BCUT2D eigenvalue weighted by molar-refractivity contribution is 0.346. The van der Waals surface area contributed by atoms with Gasteiger partial charge < -0.3 is 5.32 Å². The maximum absolute atomic E-state index is 4.43. The number of hydrogen-bond donors (Lipinski definition) is 1. The molecule has 4 aliphatic rings. The van der Waals surface area contributed by atoms with Crippen molar-refractivity contribution in [3.8, 4) is 0 Å². The van der Waals surface area contributed by atoms with Crippen molar-refractivity contribution in [3.05, 3.63) is 12.2 Å². The van der Waals surface area contributed by atoms with Gasteiger partial charge in [-0.1, -0.05) is 12.2 Å². The van der Waals surface area contributed by atoms with Crippen LogP contribution in [-0.4, -0.2) is 12.1 Å². The first kappa shape index (κ1) is 11.5. The third-order valence-corrected chi connectivity index (χ3v) is 6.27. The summed E-state index contributed by atoms with van der Waals surface area (Å²) in [5.74, 6) is 4.12. The highest BCUT2D eigenvalue weighted by molar-refractivity contribution is 5.08. The minimum absolute atomic E-state index is 0.893. The quantitative estimate of drug-likeness (QED) is 0.589. The molecule has 1 saturated heterocycles. The number of fused-ring (bicyclic) bond motifs is 2. The average molecular weight is 245 g/mol. The molecule has 3 aliphatic carbocycles. The Labute approximate surface area is 111 Å². The van der Waals surface area contributed by atoms with Gasteiger partial charge in [-0.15, -0.1) is 0 Å². The van der Waals surface area contributed by atoms with Gasteiger partial charge in [0.1, 0.15) is 0 Å². The normalized spacial score (nSPS) is 49.1. The monoisotopic (exact) mass is 245 g/mol. The fourth-order valence-electron chi connectivity index (χ4n) is 4.71. The molecule has 1 nitrogen and oxygen atoms in total. The highest BCUT2D eigenvalue weighted by Gasteiger charge is 2.43. The third kappa shape index (κ3) is 2.27. The summed E-state index contributed by atoms with van der Waals surface area (Å²) >= 11 is 0. The molecular weight excluding hydrogens is 218 g/mol. The van der Waals surface area contributed by atoms with Gasteiger partial charge in [0.15, 0.2) is 0 Å².